The molecule has 0 aliphatic carbocycles. The Hall–Kier alpha value is -1.35. The predicted molar refractivity (Wildman–Crippen MR) is 68.8 cm³/mol. The Morgan fingerprint density at radius 3 is 2.29 bits per heavy atom. The molecule has 1 atom stereocenters. The zero-order chi connectivity index (χ0) is 12.8. The monoisotopic (exact) mass is 235 g/mol. The Morgan fingerprint density at radius 2 is 1.88 bits per heavy atom. The maximum Gasteiger partial charge on any atom is 0.310 e. The molecule has 0 heterocycles. The smallest absolute Gasteiger partial charge is 0.310 e. The molecule has 0 aliphatic rings. The molecule has 3 heteroatoms. The highest BCUT2D eigenvalue weighted by atomic mass is 16.5. The molecule has 0 radical (unpaired) electrons. The lowest BCUT2D eigenvalue weighted by Crippen LogP contribution is -2.26. The van der Waals surface area contributed by atoms with E-state index in [0.29, 0.717) is 18.9 Å². The molecule has 0 saturated carbocycles. The second-order valence-corrected chi connectivity index (χ2v) is 4.56. The van der Waals surface area contributed by atoms with Crippen molar-refractivity contribution in [3.05, 3.63) is 35.4 Å². The third kappa shape index (κ3) is 3.86. The molecule has 0 spiro atoms. The van der Waals surface area contributed by atoms with Crippen LogP contribution in [0.25, 0.3) is 0 Å². The van der Waals surface area contributed by atoms with Crippen molar-refractivity contribution in [1.29, 1.82) is 0 Å². The van der Waals surface area contributed by atoms with E-state index < -0.39 is 0 Å². The van der Waals surface area contributed by atoms with Gasteiger partial charge in [0.1, 0.15) is 0 Å². The molecule has 3 nitrogen and oxygen atoms in total. The average molecular weight is 235 g/mol. The fourth-order valence-electron chi connectivity index (χ4n) is 1.75. The number of rotatable bonds is 5. The van der Waals surface area contributed by atoms with Gasteiger partial charge in [-0.3, -0.25) is 4.79 Å². The minimum atomic E-state index is -0.245. The quantitative estimate of drug-likeness (QED) is 0.795. The first-order chi connectivity index (χ1) is 8.08. The van der Waals surface area contributed by atoms with Crippen LogP contribution in [0.5, 0.6) is 0 Å². The number of hydrogen-bond acceptors (Lipinski definition) is 3. The molecule has 94 valence electrons. The van der Waals surface area contributed by atoms with Gasteiger partial charge in [0.05, 0.1) is 13.0 Å². The number of benzene rings is 1. The molecule has 1 aromatic rings. The van der Waals surface area contributed by atoms with Crippen molar-refractivity contribution in [3.63, 3.8) is 0 Å². The van der Waals surface area contributed by atoms with Crippen molar-refractivity contribution in [2.24, 2.45) is 11.7 Å². The summed E-state index contributed by atoms with van der Waals surface area (Å²) >= 11 is 0. The van der Waals surface area contributed by atoms with Gasteiger partial charge in [-0.05, 0) is 23.5 Å². The molecule has 1 unspecified atom stereocenters. The van der Waals surface area contributed by atoms with Gasteiger partial charge in [-0.15, -0.1) is 0 Å². The van der Waals surface area contributed by atoms with Gasteiger partial charge in [-0.25, -0.2) is 0 Å². The maximum atomic E-state index is 11.4. The molecular formula is C14H21NO2. The van der Waals surface area contributed by atoms with Crippen LogP contribution in [0.1, 0.15) is 30.9 Å². The van der Waals surface area contributed by atoms with E-state index in [0.717, 1.165) is 5.56 Å². The second kappa shape index (κ2) is 6.40. The molecule has 2 N–H and O–H groups in total. The summed E-state index contributed by atoms with van der Waals surface area (Å²) in [5.41, 5.74) is 8.00. The lowest BCUT2D eigenvalue weighted by Gasteiger charge is -2.13. The Balaban J connectivity index is 2.70. The Morgan fingerprint density at radius 1 is 1.29 bits per heavy atom. The van der Waals surface area contributed by atoms with E-state index in [4.69, 9.17) is 10.5 Å². The minimum absolute atomic E-state index is 0.236. The van der Waals surface area contributed by atoms with Gasteiger partial charge in [0.2, 0.25) is 0 Å². The summed E-state index contributed by atoms with van der Waals surface area (Å²) in [6.07, 6.45) is 0.640. The summed E-state index contributed by atoms with van der Waals surface area (Å²) in [4.78, 5) is 11.4. The topological polar surface area (TPSA) is 52.3 Å². The van der Waals surface area contributed by atoms with Crippen LogP contribution in [0.4, 0.5) is 0 Å². The van der Waals surface area contributed by atoms with Crippen LogP contribution >= 0.6 is 0 Å². The molecule has 0 fully saturated rings. The minimum Gasteiger partial charge on any atom is -0.469 e. The molecule has 0 amide bonds. The Bertz CT molecular complexity index is 357. The number of methoxy groups -OCH3 is 1. The fraction of sp³-hybridized carbons (Fsp3) is 0.500. The van der Waals surface area contributed by atoms with Crippen LogP contribution in [-0.4, -0.2) is 19.6 Å². The van der Waals surface area contributed by atoms with Crippen molar-refractivity contribution >= 4 is 5.97 Å². The van der Waals surface area contributed by atoms with E-state index in [1.165, 1.54) is 12.7 Å². The van der Waals surface area contributed by atoms with Gasteiger partial charge in [-0.1, -0.05) is 38.1 Å². The third-order valence-electron chi connectivity index (χ3n) is 2.95. The van der Waals surface area contributed by atoms with Gasteiger partial charge in [0, 0.05) is 6.54 Å². The highest BCUT2D eigenvalue weighted by molar-refractivity contribution is 5.72. The molecule has 0 bridgehead atoms. The summed E-state index contributed by atoms with van der Waals surface area (Å²) in [5, 5.41) is 0. The van der Waals surface area contributed by atoms with Crippen molar-refractivity contribution < 1.29 is 9.53 Å². The molecule has 0 saturated heterocycles. The van der Waals surface area contributed by atoms with Crippen LogP contribution in [0.2, 0.25) is 0 Å². The molecule has 0 aliphatic heterocycles. The molecule has 1 aromatic carbocycles. The van der Waals surface area contributed by atoms with Crippen molar-refractivity contribution in [3.8, 4) is 0 Å². The first-order valence-corrected chi connectivity index (χ1v) is 5.95. The fourth-order valence-corrected chi connectivity index (χ4v) is 1.75. The number of esters is 1. The zero-order valence-electron chi connectivity index (χ0n) is 10.8. The van der Waals surface area contributed by atoms with Crippen LogP contribution in [0, 0.1) is 5.92 Å². The first kappa shape index (κ1) is 13.7. The van der Waals surface area contributed by atoms with Gasteiger partial charge in [0.25, 0.3) is 0 Å². The first-order valence-electron chi connectivity index (χ1n) is 5.95. The van der Waals surface area contributed by atoms with E-state index in [9.17, 15) is 4.79 Å². The largest absolute Gasteiger partial charge is 0.469 e. The summed E-state index contributed by atoms with van der Waals surface area (Å²) < 4.78 is 4.72. The number of carbonyl (C=O) groups excluding carboxylic acids is 1. The molecule has 1 rings (SSSR count). The van der Waals surface area contributed by atoms with E-state index in [-0.39, 0.29) is 11.9 Å². The summed E-state index contributed by atoms with van der Waals surface area (Å²) in [6, 6.07) is 8.32. The van der Waals surface area contributed by atoms with E-state index in [1.807, 2.05) is 0 Å². The summed E-state index contributed by atoms with van der Waals surface area (Å²) in [5.74, 6) is 0.0419. The van der Waals surface area contributed by atoms with Crippen molar-refractivity contribution in [1.82, 2.24) is 0 Å². The molecule has 17 heavy (non-hydrogen) atoms. The number of ether oxygens (including phenoxy) is 1. The standard InChI is InChI=1S/C14H21NO2/c1-10(2)12-6-4-11(5-7-12)8-13(9-15)14(16)17-3/h4-7,10,13H,8-9,15H2,1-3H3. The number of nitrogens with two attached hydrogens (primary N) is 1. The zero-order valence-corrected chi connectivity index (χ0v) is 10.8. The lowest BCUT2D eigenvalue weighted by molar-refractivity contribution is -0.145. The predicted octanol–water partition coefficient (Wildman–Crippen LogP) is 2.10. The summed E-state index contributed by atoms with van der Waals surface area (Å²) in [7, 11) is 1.40. The molecule has 0 aromatic heterocycles. The van der Waals surface area contributed by atoms with Gasteiger partial charge >= 0.3 is 5.97 Å². The molecular weight excluding hydrogens is 214 g/mol. The summed E-state index contributed by atoms with van der Waals surface area (Å²) in [6.45, 7) is 4.64. The van der Waals surface area contributed by atoms with E-state index >= 15 is 0 Å². The van der Waals surface area contributed by atoms with Crippen molar-refractivity contribution in [2.45, 2.75) is 26.2 Å². The number of carbonyl (C=O) groups is 1. The van der Waals surface area contributed by atoms with E-state index in [1.54, 1.807) is 0 Å². The van der Waals surface area contributed by atoms with Gasteiger partial charge in [0.15, 0.2) is 0 Å². The van der Waals surface area contributed by atoms with E-state index in [2.05, 4.69) is 38.1 Å². The Labute approximate surface area is 103 Å². The maximum absolute atomic E-state index is 11.4. The average Bonchev–Trinajstić information content (AvgIpc) is 2.35. The third-order valence-corrected chi connectivity index (χ3v) is 2.95. The number of hydrogen-bond donors (Lipinski definition) is 1. The van der Waals surface area contributed by atoms with Gasteiger partial charge < -0.3 is 10.5 Å². The normalized spacial score (nSPS) is 12.5. The van der Waals surface area contributed by atoms with Gasteiger partial charge in [-0.2, -0.15) is 0 Å². The van der Waals surface area contributed by atoms with Crippen LogP contribution in [-0.2, 0) is 16.0 Å². The Kier molecular flexibility index (Phi) is 5.16. The second-order valence-electron chi connectivity index (χ2n) is 4.56. The van der Waals surface area contributed by atoms with Crippen LogP contribution < -0.4 is 5.73 Å². The van der Waals surface area contributed by atoms with Crippen molar-refractivity contribution in [2.75, 3.05) is 13.7 Å². The highest BCUT2D eigenvalue weighted by Crippen LogP contribution is 2.16. The van der Waals surface area contributed by atoms with Crippen LogP contribution in [0.3, 0.4) is 0 Å². The SMILES string of the molecule is COC(=O)C(CN)Cc1ccc(C(C)C)cc1. The lowest BCUT2D eigenvalue weighted by atomic mass is 9.96. The highest BCUT2D eigenvalue weighted by Gasteiger charge is 2.17. The van der Waals surface area contributed by atoms with Crippen LogP contribution in [0.15, 0.2) is 24.3 Å².